The molecule has 0 radical (unpaired) electrons. The lowest BCUT2D eigenvalue weighted by Gasteiger charge is -2.07. The first-order valence-electron chi connectivity index (χ1n) is 6.12. The van der Waals surface area contributed by atoms with Gasteiger partial charge in [0.15, 0.2) is 0 Å². The number of benzene rings is 1. The maximum atomic E-state index is 11.8. The van der Waals surface area contributed by atoms with Crippen LogP contribution in [0.15, 0.2) is 30.6 Å². The first-order valence-corrected chi connectivity index (χ1v) is 6.12. The van der Waals surface area contributed by atoms with Crippen LogP contribution in [0.3, 0.4) is 0 Å². The molecular formula is C14H15N5O. The molecule has 0 aliphatic carbocycles. The standard InChI is InChI=1S/C14H15N5O/c1-11-9-13(5-4-12(11)3-2-6-15)17-14(20)10-19-8-7-16-18-19/h4-5,7-9H,6,10,15H2,1H3,(H,17,20). The van der Waals surface area contributed by atoms with Gasteiger partial charge in [0.05, 0.1) is 12.7 Å². The van der Waals surface area contributed by atoms with Crippen LogP contribution >= 0.6 is 0 Å². The average molecular weight is 269 g/mol. The Morgan fingerprint density at radius 1 is 1.50 bits per heavy atom. The quantitative estimate of drug-likeness (QED) is 0.796. The van der Waals surface area contributed by atoms with Crippen molar-refractivity contribution in [1.29, 1.82) is 0 Å². The molecule has 1 heterocycles. The number of nitrogens with two attached hydrogens (primary N) is 1. The highest BCUT2D eigenvalue weighted by Gasteiger charge is 2.05. The van der Waals surface area contributed by atoms with E-state index in [-0.39, 0.29) is 12.5 Å². The van der Waals surface area contributed by atoms with Crippen molar-refractivity contribution in [2.45, 2.75) is 13.5 Å². The monoisotopic (exact) mass is 269 g/mol. The zero-order valence-electron chi connectivity index (χ0n) is 11.1. The second-order valence-electron chi connectivity index (χ2n) is 4.18. The predicted molar refractivity (Wildman–Crippen MR) is 75.8 cm³/mol. The number of anilines is 1. The minimum absolute atomic E-state index is 0.133. The minimum atomic E-state index is -0.157. The third kappa shape index (κ3) is 3.67. The molecule has 0 saturated carbocycles. The van der Waals surface area contributed by atoms with Crippen molar-refractivity contribution in [3.63, 3.8) is 0 Å². The molecule has 0 aliphatic rings. The zero-order chi connectivity index (χ0) is 14.4. The third-order valence-electron chi connectivity index (χ3n) is 2.61. The van der Waals surface area contributed by atoms with Crippen LogP contribution in [-0.2, 0) is 11.3 Å². The smallest absolute Gasteiger partial charge is 0.246 e. The van der Waals surface area contributed by atoms with Crippen LogP contribution < -0.4 is 11.1 Å². The Bertz CT molecular complexity index is 652. The van der Waals surface area contributed by atoms with Gasteiger partial charge < -0.3 is 11.1 Å². The van der Waals surface area contributed by atoms with E-state index in [2.05, 4.69) is 27.5 Å². The molecule has 0 bridgehead atoms. The van der Waals surface area contributed by atoms with Crippen molar-refractivity contribution in [1.82, 2.24) is 15.0 Å². The van der Waals surface area contributed by atoms with Gasteiger partial charge in [-0.1, -0.05) is 17.1 Å². The van der Waals surface area contributed by atoms with Gasteiger partial charge in [0.25, 0.3) is 0 Å². The van der Waals surface area contributed by atoms with E-state index in [1.165, 1.54) is 10.9 Å². The number of hydrogen-bond acceptors (Lipinski definition) is 4. The number of nitrogens with zero attached hydrogens (tertiary/aromatic N) is 3. The van der Waals surface area contributed by atoms with Gasteiger partial charge in [-0.15, -0.1) is 5.10 Å². The molecule has 0 fully saturated rings. The highest BCUT2D eigenvalue weighted by atomic mass is 16.2. The summed E-state index contributed by atoms with van der Waals surface area (Å²) >= 11 is 0. The Labute approximate surface area is 117 Å². The third-order valence-corrected chi connectivity index (χ3v) is 2.61. The van der Waals surface area contributed by atoms with Crippen molar-refractivity contribution in [2.24, 2.45) is 5.73 Å². The fraction of sp³-hybridized carbons (Fsp3) is 0.214. The van der Waals surface area contributed by atoms with Crippen molar-refractivity contribution in [2.75, 3.05) is 11.9 Å². The van der Waals surface area contributed by atoms with Crippen LogP contribution in [0.5, 0.6) is 0 Å². The van der Waals surface area contributed by atoms with Gasteiger partial charge in [-0.2, -0.15) is 0 Å². The lowest BCUT2D eigenvalue weighted by molar-refractivity contribution is -0.116. The molecular weight excluding hydrogens is 254 g/mol. The molecule has 2 rings (SSSR count). The molecule has 0 spiro atoms. The van der Waals surface area contributed by atoms with E-state index in [0.29, 0.717) is 6.54 Å². The van der Waals surface area contributed by atoms with E-state index >= 15 is 0 Å². The second kappa shape index (κ2) is 6.50. The molecule has 102 valence electrons. The molecule has 0 atom stereocenters. The Morgan fingerprint density at radius 2 is 2.35 bits per heavy atom. The summed E-state index contributed by atoms with van der Waals surface area (Å²) in [6.07, 6.45) is 3.17. The molecule has 2 aromatic rings. The van der Waals surface area contributed by atoms with Gasteiger partial charge in [0.2, 0.25) is 5.91 Å². The largest absolute Gasteiger partial charge is 0.324 e. The van der Waals surface area contributed by atoms with E-state index in [4.69, 9.17) is 5.73 Å². The Balaban J connectivity index is 2.03. The molecule has 0 saturated heterocycles. The lowest BCUT2D eigenvalue weighted by atomic mass is 10.1. The Kier molecular flexibility index (Phi) is 4.47. The van der Waals surface area contributed by atoms with Crippen LogP contribution in [0.2, 0.25) is 0 Å². The van der Waals surface area contributed by atoms with E-state index in [1.807, 2.05) is 25.1 Å². The minimum Gasteiger partial charge on any atom is -0.324 e. The lowest BCUT2D eigenvalue weighted by Crippen LogP contribution is -2.19. The summed E-state index contributed by atoms with van der Waals surface area (Å²) in [7, 11) is 0. The summed E-state index contributed by atoms with van der Waals surface area (Å²) < 4.78 is 1.46. The molecule has 1 amide bonds. The van der Waals surface area contributed by atoms with E-state index in [1.54, 1.807) is 6.20 Å². The first-order chi connectivity index (χ1) is 9.69. The number of nitrogens with one attached hydrogen (secondary N) is 1. The topological polar surface area (TPSA) is 85.8 Å². The van der Waals surface area contributed by atoms with Gasteiger partial charge in [0.1, 0.15) is 6.54 Å². The molecule has 6 heteroatoms. The van der Waals surface area contributed by atoms with Crippen molar-refractivity contribution in [3.8, 4) is 11.8 Å². The van der Waals surface area contributed by atoms with Crippen molar-refractivity contribution in [3.05, 3.63) is 41.7 Å². The van der Waals surface area contributed by atoms with Gasteiger partial charge in [-0.3, -0.25) is 4.79 Å². The van der Waals surface area contributed by atoms with Crippen LogP contribution in [0.25, 0.3) is 0 Å². The van der Waals surface area contributed by atoms with Crippen LogP contribution in [0, 0.1) is 18.8 Å². The second-order valence-corrected chi connectivity index (χ2v) is 4.18. The van der Waals surface area contributed by atoms with Gasteiger partial charge >= 0.3 is 0 Å². The number of rotatable bonds is 3. The van der Waals surface area contributed by atoms with E-state index in [9.17, 15) is 4.79 Å². The SMILES string of the molecule is Cc1cc(NC(=O)Cn2ccnn2)ccc1C#CCN. The van der Waals surface area contributed by atoms with E-state index in [0.717, 1.165) is 16.8 Å². The number of carbonyl (C=O) groups is 1. The summed E-state index contributed by atoms with van der Waals surface area (Å²) in [6, 6.07) is 5.55. The number of aryl methyl sites for hydroxylation is 1. The number of carbonyl (C=O) groups excluding carboxylic acids is 1. The zero-order valence-corrected chi connectivity index (χ0v) is 11.1. The van der Waals surface area contributed by atoms with Crippen molar-refractivity contribution < 1.29 is 4.79 Å². The fourth-order valence-corrected chi connectivity index (χ4v) is 1.69. The first kappa shape index (κ1) is 13.8. The Morgan fingerprint density at radius 3 is 3.00 bits per heavy atom. The van der Waals surface area contributed by atoms with Gasteiger partial charge in [0, 0.05) is 17.4 Å². The van der Waals surface area contributed by atoms with E-state index < -0.39 is 0 Å². The predicted octanol–water partition coefficient (Wildman–Crippen LogP) is 0.535. The fourth-order valence-electron chi connectivity index (χ4n) is 1.69. The maximum Gasteiger partial charge on any atom is 0.246 e. The normalized spacial score (nSPS) is 9.70. The molecule has 3 N–H and O–H groups in total. The van der Waals surface area contributed by atoms with Crippen LogP contribution in [0.4, 0.5) is 5.69 Å². The molecule has 1 aromatic carbocycles. The van der Waals surface area contributed by atoms with Gasteiger partial charge in [-0.25, -0.2) is 4.68 Å². The Hall–Kier alpha value is -2.65. The summed E-state index contributed by atoms with van der Waals surface area (Å²) in [5.41, 5.74) is 7.97. The average Bonchev–Trinajstić information content (AvgIpc) is 2.90. The molecule has 20 heavy (non-hydrogen) atoms. The number of hydrogen-bond donors (Lipinski definition) is 2. The van der Waals surface area contributed by atoms with Crippen molar-refractivity contribution >= 4 is 11.6 Å². The summed E-state index contributed by atoms with van der Waals surface area (Å²) in [5.74, 6) is 5.63. The van der Waals surface area contributed by atoms with Crippen LogP contribution in [-0.4, -0.2) is 27.4 Å². The maximum absolute atomic E-state index is 11.8. The highest BCUT2D eigenvalue weighted by Crippen LogP contribution is 2.14. The summed E-state index contributed by atoms with van der Waals surface area (Å²) in [4.78, 5) is 11.8. The van der Waals surface area contributed by atoms with Gasteiger partial charge in [-0.05, 0) is 30.7 Å². The molecule has 6 nitrogen and oxygen atoms in total. The molecule has 1 aromatic heterocycles. The van der Waals surface area contributed by atoms with Crippen LogP contribution in [0.1, 0.15) is 11.1 Å². The number of aromatic nitrogens is 3. The molecule has 0 unspecified atom stereocenters. The highest BCUT2D eigenvalue weighted by molar-refractivity contribution is 5.90. The summed E-state index contributed by atoms with van der Waals surface area (Å²) in [5, 5.41) is 10.2. The summed E-state index contributed by atoms with van der Waals surface area (Å²) in [6.45, 7) is 2.40. The molecule has 0 aliphatic heterocycles. The number of amides is 1.